The zero-order chi connectivity index (χ0) is 9.80. The first-order valence-corrected chi connectivity index (χ1v) is 5.39. The van der Waals surface area contributed by atoms with Crippen LogP contribution in [-0.4, -0.2) is 12.1 Å². The molecule has 2 nitrogen and oxygen atoms in total. The van der Waals surface area contributed by atoms with Crippen LogP contribution in [-0.2, 0) is 6.54 Å². The van der Waals surface area contributed by atoms with Crippen molar-refractivity contribution in [3.63, 3.8) is 0 Å². The Hall–Kier alpha value is -0.860. The van der Waals surface area contributed by atoms with Crippen molar-refractivity contribution < 1.29 is 0 Å². The van der Waals surface area contributed by atoms with E-state index >= 15 is 0 Å². The molecule has 76 valence electrons. The molecule has 0 radical (unpaired) electrons. The lowest BCUT2D eigenvalue weighted by molar-refractivity contribution is 0.475. The highest BCUT2D eigenvalue weighted by Gasteiger charge is 2.22. The van der Waals surface area contributed by atoms with E-state index < -0.39 is 0 Å². The van der Waals surface area contributed by atoms with Crippen LogP contribution in [0.15, 0.2) is 30.3 Å². The minimum absolute atomic E-state index is 0.360. The van der Waals surface area contributed by atoms with E-state index in [0.29, 0.717) is 12.1 Å². The first-order valence-electron chi connectivity index (χ1n) is 5.39. The average Bonchev–Trinajstić information content (AvgIpc) is 2.63. The largest absolute Gasteiger partial charge is 0.326 e. The van der Waals surface area contributed by atoms with Crippen molar-refractivity contribution in [1.82, 2.24) is 5.32 Å². The molecule has 1 aromatic carbocycles. The summed E-state index contributed by atoms with van der Waals surface area (Å²) in [6, 6.07) is 11.4. The molecule has 3 N–H and O–H groups in total. The second kappa shape index (κ2) is 4.58. The maximum Gasteiger partial charge on any atom is 0.0222 e. The molecule has 0 unspecified atom stereocenters. The van der Waals surface area contributed by atoms with E-state index in [9.17, 15) is 0 Å². The first-order chi connectivity index (χ1) is 6.86. The van der Waals surface area contributed by atoms with E-state index in [2.05, 4.69) is 29.6 Å². The molecule has 14 heavy (non-hydrogen) atoms. The SMILES string of the molecule is N[C@H]1CCC[C@@H]1NCc1ccccc1. The van der Waals surface area contributed by atoms with Crippen LogP contribution in [0.5, 0.6) is 0 Å². The molecular formula is C12H18N2. The van der Waals surface area contributed by atoms with Gasteiger partial charge in [-0.2, -0.15) is 0 Å². The molecule has 1 aliphatic rings. The number of hydrogen-bond acceptors (Lipinski definition) is 2. The van der Waals surface area contributed by atoms with Crippen LogP contribution >= 0.6 is 0 Å². The Labute approximate surface area is 85.5 Å². The van der Waals surface area contributed by atoms with Crippen LogP contribution in [0.4, 0.5) is 0 Å². The van der Waals surface area contributed by atoms with Crippen LogP contribution in [0.25, 0.3) is 0 Å². The lowest BCUT2D eigenvalue weighted by Crippen LogP contribution is -2.40. The van der Waals surface area contributed by atoms with Gasteiger partial charge in [0.05, 0.1) is 0 Å². The Bertz CT molecular complexity index is 271. The molecular weight excluding hydrogens is 172 g/mol. The van der Waals surface area contributed by atoms with Crippen molar-refractivity contribution >= 4 is 0 Å². The molecule has 0 spiro atoms. The van der Waals surface area contributed by atoms with Gasteiger partial charge in [0.2, 0.25) is 0 Å². The standard InChI is InChI=1S/C12H18N2/c13-11-7-4-8-12(11)14-9-10-5-2-1-3-6-10/h1-3,5-6,11-12,14H,4,7-9,13H2/t11-,12-/m0/s1. The topological polar surface area (TPSA) is 38.0 Å². The van der Waals surface area contributed by atoms with Crippen LogP contribution in [0.1, 0.15) is 24.8 Å². The fourth-order valence-electron chi connectivity index (χ4n) is 2.09. The number of hydrogen-bond donors (Lipinski definition) is 2. The number of nitrogens with two attached hydrogens (primary N) is 1. The normalized spacial score (nSPS) is 26.6. The average molecular weight is 190 g/mol. The van der Waals surface area contributed by atoms with Gasteiger partial charge < -0.3 is 11.1 Å². The summed E-state index contributed by atoms with van der Waals surface area (Å²) in [5.41, 5.74) is 7.32. The highest BCUT2D eigenvalue weighted by molar-refractivity contribution is 5.14. The van der Waals surface area contributed by atoms with Gasteiger partial charge in [-0.1, -0.05) is 36.8 Å². The minimum Gasteiger partial charge on any atom is -0.326 e. The molecule has 2 rings (SSSR count). The van der Waals surface area contributed by atoms with Crippen molar-refractivity contribution in [2.24, 2.45) is 5.73 Å². The van der Waals surface area contributed by atoms with Gasteiger partial charge in [-0.3, -0.25) is 0 Å². The van der Waals surface area contributed by atoms with Gasteiger partial charge in [0.25, 0.3) is 0 Å². The highest BCUT2D eigenvalue weighted by Crippen LogP contribution is 2.17. The molecule has 1 aliphatic carbocycles. The van der Waals surface area contributed by atoms with Crippen LogP contribution in [0.2, 0.25) is 0 Å². The molecule has 2 atom stereocenters. The summed E-state index contributed by atoms with van der Waals surface area (Å²) in [4.78, 5) is 0. The summed E-state index contributed by atoms with van der Waals surface area (Å²) >= 11 is 0. The van der Waals surface area contributed by atoms with Crippen molar-refractivity contribution in [2.75, 3.05) is 0 Å². The Balaban J connectivity index is 1.82. The molecule has 0 amide bonds. The summed E-state index contributed by atoms with van der Waals surface area (Å²) in [7, 11) is 0. The number of rotatable bonds is 3. The Morgan fingerprint density at radius 3 is 2.64 bits per heavy atom. The van der Waals surface area contributed by atoms with E-state index in [0.717, 1.165) is 6.54 Å². The maximum atomic E-state index is 5.98. The van der Waals surface area contributed by atoms with Crippen LogP contribution in [0, 0.1) is 0 Å². The zero-order valence-corrected chi connectivity index (χ0v) is 8.45. The van der Waals surface area contributed by atoms with Gasteiger partial charge in [-0.15, -0.1) is 0 Å². The predicted molar refractivity (Wildman–Crippen MR) is 58.9 cm³/mol. The summed E-state index contributed by atoms with van der Waals surface area (Å²) in [6.45, 7) is 0.944. The monoisotopic (exact) mass is 190 g/mol. The summed E-state index contributed by atoms with van der Waals surface area (Å²) in [5.74, 6) is 0. The molecule has 0 saturated heterocycles. The quantitative estimate of drug-likeness (QED) is 0.760. The van der Waals surface area contributed by atoms with E-state index in [-0.39, 0.29) is 0 Å². The van der Waals surface area contributed by atoms with E-state index in [1.165, 1.54) is 24.8 Å². The lowest BCUT2D eigenvalue weighted by Gasteiger charge is -2.17. The minimum atomic E-state index is 0.360. The lowest BCUT2D eigenvalue weighted by atomic mass is 10.1. The zero-order valence-electron chi connectivity index (χ0n) is 8.45. The molecule has 0 aliphatic heterocycles. The van der Waals surface area contributed by atoms with E-state index in [1.54, 1.807) is 0 Å². The fraction of sp³-hybridized carbons (Fsp3) is 0.500. The number of nitrogens with one attached hydrogen (secondary N) is 1. The highest BCUT2D eigenvalue weighted by atomic mass is 15.0. The number of benzene rings is 1. The van der Waals surface area contributed by atoms with Crippen LogP contribution in [0.3, 0.4) is 0 Å². The second-order valence-corrected chi connectivity index (χ2v) is 4.07. The maximum absolute atomic E-state index is 5.98. The summed E-state index contributed by atoms with van der Waals surface area (Å²) in [5, 5.41) is 3.52. The molecule has 0 aromatic heterocycles. The molecule has 2 heteroatoms. The first kappa shape index (κ1) is 9.69. The summed E-state index contributed by atoms with van der Waals surface area (Å²) < 4.78 is 0. The molecule has 1 fully saturated rings. The summed E-state index contributed by atoms with van der Waals surface area (Å²) in [6.07, 6.45) is 3.67. The van der Waals surface area contributed by atoms with Crippen molar-refractivity contribution in [3.8, 4) is 0 Å². The van der Waals surface area contributed by atoms with Crippen molar-refractivity contribution in [1.29, 1.82) is 0 Å². The smallest absolute Gasteiger partial charge is 0.0222 e. The Kier molecular flexibility index (Phi) is 3.17. The van der Waals surface area contributed by atoms with Gasteiger partial charge in [0.1, 0.15) is 0 Å². The molecule has 0 bridgehead atoms. The van der Waals surface area contributed by atoms with Crippen molar-refractivity contribution in [2.45, 2.75) is 37.9 Å². The Morgan fingerprint density at radius 2 is 2.00 bits per heavy atom. The van der Waals surface area contributed by atoms with Crippen molar-refractivity contribution in [3.05, 3.63) is 35.9 Å². The van der Waals surface area contributed by atoms with Gasteiger partial charge in [-0.05, 0) is 18.4 Å². The molecule has 0 heterocycles. The van der Waals surface area contributed by atoms with E-state index in [1.807, 2.05) is 6.07 Å². The Morgan fingerprint density at radius 1 is 1.21 bits per heavy atom. The second-order valence-electron chi connectivity index (χ2n) is 4.07. The van der Waals surface area contributed by atoms with Crippen LogP contribution < -0.4 is 11.1 Å². The third-order valence-electron chi connectivity index (χ3n) is 2.98. The predicted octanol–water partition coefficient (Wildman–Crippen LogP) is 1.66. The van der Waals surface area contributed by atoms with Gasteiger partial charge >= 0.3 is 0 Å². The van der Waals surface area contributed by atoms with Gasteiger partial charge in [0.15, 0.2) is 0 Å². The van der Waals surface area contributed by atoms with E-state index in [4.69, 9.17) is 5.73 Å². The fourth-order valence-corrected chi connectivity index (χ4v) is 2.09. The molecule has 1 saturated carbocycles. The molecule has 1 aromatic rings. The van der Waals surface area contributed by atoms with Gasteiger partial charge in [-0.25, -0.2) is 0 Å². The third kappa shape index (κ3) is 2.34. The van der Waals surface area contributed by atoms with Gasteiger partial charge in [0, 0.05) is 18.6 Å². The third-order valence-corrected chi connectivity index (χ3v) is 2.98.